The Balaban J connectivity index is 2.03. The lowest BCUT2D eigenvalue weighted by Gasteiger charge is -2.31. The molecule has 5 heteroatoms. The Hall–Kier alpha value is -2.74. The summed E-state index contributed by atoms with van der Waals surface area (Å²) in [4.78, 5) is 21.2. The Morgan fingerprint density at radius 1 is 1.39 bits per heavy atom. The van der Waals surface area contributed by atoms with E-state index in [1.807, 2.05) is 55.8 Å². The first-order valence-corrected chi connectivity index (χ1v) is 7.56. The fourth-order valence-corrected chi connectivity index (χ4v) is 3.02. The van der Waals surface area contributed by atoms with E-state index in [2.05, 4.69) is 4.98 Å². The minimum absolute atomic E-state index is 0.0406. The van der Waals surface area contributed by atoms with Crippen LogP contribution in [0.3, 0.4) is 0 Å². The molecule has 1 unspecified atom stereocenters. The van der Waals surface area contributed by atoms with Gasteiger partial charge in [0.25, 0.3) is 0 Å². The molecule has 1 aliphatic rings. The monoisotopic (exact) mass is 306 g/mol. The van der Waals surface area contributed by atoms with Crippen molar-refractivity contribution in [3.8, 4) is 11.9 Å². The van der Waals surface area contributed by atoms with E-state index in [1.54, 1.807) is 12.3 Å². The van der Waals surface area contributed by atoms with E-state index in [0.29, 0.717) is 6.42 Å². The fourth-order valence-electron chi connectivity index (χ4n) is 3.02. The number of aromatic nitrogens is 3. The van der Waals surface area contributed by atoms with Gasteiger partial charge in [-0.3, -0.25) is 9.36 Å². The van der Waals surface area contributed by atoms with E-state index in [9.17, 15) is 10.1 Å². The third-order valence-corrected chi connectivity index (χ3v) is 4.29. The van der Waals surface area contributed by atoms with Gasteiger partial charge in [0.1, 0.15) is 17.7 Å². The average Bonchev–Trinajstić information content (AvgIpc) is 2.96. The van der Waals surface area contributed by atoms with E-state index >= 15 is 0 Å². The maximum atomic E-state index is 12.2. The largest absolute Gasteiger partial charge is 0.293 e. The van der Waals surface area contributed by atoms with Gasteiger partial charge in [0.15, 0.2) is 5.78 Å². The van der Waals surface area contributed by atoms with Gasteiger partial charge in [-0.2, -0.15) is 5.26 Å². The second-order valence-electron chi connectivity index (χ2n) is 6.48. The molecule has 0 radical (unpaired) electrons. The SMILES string of the molecule is Cc1nccn1-c1cccc(C2C=C(C#N)C(=O)C(C)(C)C2)n1. The van der Waals surface area contributed by atoms with E-state index in [4.69, 9.17) is 4.98 Å². The summed E-state index contributed by atoms with van der Waals surface area (Å²) in [6.07, 6.45) is 6.00. The van der Waals surface area contributed by atoms with Gasteiger partial charge in [-0.1, -0.05) is 26.0 Å². The molecule has 2 heterocycles. The minimum atomic E-state index is -0.549. The standard InChI is InChI=1S/C18H18N4O/c1-12-20-7-8-22(12)16-6-4-5-15(21-16)13-9-14(11-19)17(23)18(2,3)10-13/h4-9,13H,10H2,1-3H3. The first-order valence-electron chi connectivity index (χ1n) is 7.56. The van der Waals surface area contributed by atoms with Crippen molar-refractivity contribution in [3.63, 3.8) is 0 Å². The van der Waals surface area contributed by atoms with Gasteiger partial charge in [0.05, 0.1) is 5.57 Å². The summed E-state index contributed by atoms with van der Waals surface area (Å²) in [7, 11) is 0. The number of hydrogen-bond donors (Lipinski definition) is 0. The van der Waals surface area contributed by atoms with Crippen molar-refractivity contribution in [1.29, 1.82) is 5.26 Å². The van der Waals surface area contributed by atoms with Crippen molar-refractivity contribution in [3.05, 3.63) is 53.8 Å². The Kier molecular flexibility index (Phi) is 3.61. The molecule has 1 aliphatic carbocycles. The molecule has 0 amide bonds. The number of ketones is 1. The van der Waals surface area contributed by atoms with Crippen LogP contribution in [-0.4, -0.2) is 20.3 Å². The van der Waals surface area contributed by atoms with Gasteiger partial charge in [0.2, 0.25) is 0 Å². The number of carbonyl (C=O) groups excluding carboxylic acids is 1. The van der Waals surface area contributed by atoms with Gasteiger partial charge < -0.3 is 0 Å². The molecule has 2 aromatic rings. The Morgan fingerprint density at radius 2 is 2.17 bits per heavy atom. The number of imidazole rings is 1. The molecule has 0 N–H and O–H groups in total. The van der Waals surface area contributed by atoms with Gasteiger partial charge in [0, 0.05) is 29.4 Å². The Labute approximate surface area is 135 Å². The van der Waals surface area contributed by atoms with Crippen LogP contribution in [-0.2, 0) is 4.79 Å². The molecule has 0 saturated carbocycles. The number of nitrogens with zero attached hydrogens (tertiary/aromatic N) is 4. The molecule has 5 nitrogen and oxygen atoms in total. The molecule has 0 spiro atoms. The van der Waals surface area contributed by atoms with Crippen molar-refractivity contribution < 1.29 is 4.79 Å². The molecule has 116 valence electrons. The molecule has 3 rings (SSSR count). The van der Waals surface area contributed by atoms with Crippen LogP contribution < -0.4 is 0 Å². The van der Waals surface area contributed by atoms with Crippen LogP contribution in [0.25, 0.3) is 5.82 Å². The number of nitriles is 1. The van der Waals surface area contributed by atoms with Crippen LogP contribution in [0.2, 0.25) is 0 Å². The van der Waals surface area contributed by atoms with Crippen LogP contribution in [0, 0.1) is 23.7 Å². The second kappa shape index (κ2) is 5.47. The van der Waals surface area contributed by atoms with Crippen LogP contribution in [0.5, 0.6) is 0 Å². The van der Waals surface area contributed by atoms with Crippen molar-refractivity contribution in [2.24, 2.45) is 5.41 Å². The van der Waals surface area contributed by atoms with Crippen molar-refractivity contribution >= 4 is 5.78 Å². The summed E-state index contributed by atoms with van der Waals surface area (Å²) < 4.78 is 1.91. The highest BCUT2D eigenvalue weighted by Crippen LogP contribution is 2.39. The second-order valence-corrected chi connectivity index (χ2v) is 6.48. The molecular formula is C18H18N4O. The van der Waals surface area contributed by atoms with E-state index in [-0.39, 0.29) is 17.3 Å². The minimum Gasteiger partial charge on any atom is -0.293 e. The normalized spacial score (nSPS) is 20.0. The van der Waals surface area contributed by atoms with Gasteiger partial charge in [-0.05, 0) is 25.5 Å². The smallest absolute Gasteiger partial charge is 0.178 e. The highest BCUT2D eigenvalue weighted by Gasteiger charge is 2.37. The van der Waals surface area contributed by atoms with E-state index in [0.717, 1.165) is 17.3 Å². The molecule has 0 aromatic carbocycles. The predicted octanol–water partition coefficient (Wildman–Crippen LogP) is 3.11. The third kappa shape index (κ3) is 2.68. The molecule has 0 aliphatic heterocycles. The van der Waals surface area contributed by atoms with E-state index in [1.165, 1.54) is 0 Å². The van der Waals surface area contributed by atoms with Crippen LogP contribution in [0.15, 0.2) is 42.2 Å². The molecule has 0 saturated heterocycles. The van der Waals surface area contributed by atoms with Crippen LogP contribution in [0.1, 0.15) is 37.7 Å². The zero-order valence-electron chi connectivity index (χ0n) is 13.4. The van der Waals surface area contributed by atoms with Crippen molar-refractivity contribution in [2.45, 2.75) is 33.1 Å². The fraction of sp³-hybridized carbons (Fsp3) is 0.333. The lowest BCUT2D eigenvalue weighted by molar-refractivity contribution is -0.123. The number of pyridine rings is 1. The summed E-state index contributed by atoms with van der Waals surface area (Å²) >= 11 is 0. The zero-order chi connectivity index (χ0) is 16.6. The topological polar surface area (TPSA) is 71.6 Å². The van der Waals surface area contributed by atoms with E-state index < -0.39 is 5.41 Å². The summed E-state index contributed by atoms with van der Waals surface area (Å²) in [6.45, 7) is 5.69. The summed E-state index contributed by atoms with van der Waals surface area (Å²) in [5.74, 6) is 1.53. The first kappa shape index (κ1) is 15.2. The first-order chi connectivity index (χ1) is 10.9. The molecule has 23 heavy (non-hydrogen) atoms. The van der Waals surface area contributed by atoms with Crippen molar-refractivity contribution in [1.82, 2.24) is 14.5 Å². The average molecular weight is 306 g/mol. The lowest BCUT2D eigenvalue weighted by atomic mass is 9.71. The molecule has 0 bridgehead atoms. The Morgan fingerprint density at radius 3 is 2.83 bits per heavy atom. The third-order valence-electron chi connectivity index (χ3n) is 4.29. The quantitative estimate of drug-likeness (QED) is 0.854. The number of rotatable bonds is 2. The lowest BCUT2D eigenvalue weighted by Crippen LogP contribution is -2.31. The number of hydrogen-bond acceptors (Lipinski definition) is 4. The maximum Gasteiger partial charge on any atom is 0.178 e. The summed E-state index contributed by atoms with van der Waals surface area (Å²) in [5, 5.41) is 9.23. The zero-order valence-corrected chi connectivity index (χ0v) is 13.4. The molecule has 1 atom stereocenters. The number of carbonyl (C=O) groups is 1. The Bertz CT molecular complexity index is 839. The summed E-state index contributed by atoms with van der Waals surface area (Å²) in [5.41, 5.74) is 0.550. The highest BCUT2D eigenvalue weighted by molar-refractivity contribution is 6.03. The van der Waals surface area contributed by atoms with Gasteiger partial charge in [-0.25, -0.2) is 9.97 Å². The number of Topliss-reactive ketones (excluding diaryl/α,β-unsaturated/α-hetero) is 1. The predicted molar refractivity (Wildman–Crippen MR) is 85.9 cm³/mol. The maximum absolute atomic E-state index is 12.2. The highest BCUT2D eigenvalue weighted by atomic mass is 16.1. The number of aryl methyl sites for hydroxylation is 1. The van der Waals surface area contributed by atoms with Crippen molar-refractivity contribution in [2.75, 3.05) is 0 Å². The molecule has 0 fully saturated rings. The van der Waals surface area contributed by atoms with Gasteiger partial charge in [-0.15, -0.1) is 0 Å². The van der Waals surface area contributed by atoms with Gasteiger partial charge >= 0.3 is 0 Å². The molecular weight excluding hydrogens is 288 g/mol. The van der Waals surface area contributed by atoms with Crippen LogP contribution in [0.4, 0.5) is 0 Å². The molecule has 2 aromatic heterocycles. The van der Waals surface area contributed by atoms with Crippen LogP contribution >= 0.6 is 0 Å². The summed E-state index contributed by atoms with van der Waals surface area (Å²) in [6, 6.07) is 7.84. The number of allylic oxidation sites excluding steroid dienone is 2.